The average Bonchev–Trinajstić information content (AvgIpc) is 2.87. The van der Waals surface area contributed by atoms with Crippen molar-refractivity contribution >= 4 is 11.3 Å². The van der Waals surface area contributed by atoms with E-state index in [2.05, 4.69) is 15.1 Å². The monoisotopic (exact) mass is 252 g/mol. The molecule has 1 atom stereocenters. The number of aryl methyl sites for hydroxylation is 1. The van der Waals surface area contributed by atoms with Crippen LogP contribution < -0.4 is 5.73 Å². The van der Waals surface area contributed by atoms with Gasteiger partial charge in [0.05, 0.1) is 23.2 Å². The largest absolute Gasteiger partial charge is 0.338 e. The van der Waals surface area contributed by atoms with E-state index in [1.807, 2.05) is 26.2 Å². The lowest BCUT2D eigenvalue weighted by atomic mass is 10.1. The Balaban J connectivity index is 2.08. The highest BCUT2D eigenvalue weighted by Crippen LogP contribution is 2.18. The van der Waals surface area contributed by atoms with Gasteiger partial charge in [0.15, 0.2) is 5.82 Å². The SMILES string of the molecule is Cc1nc(Cc2noc([C@H](N)C(C)C)n2)cs1. The van der Waals surface area contributed by atoms with Crippen molar-refractivity contribution in [3.05, 3.63) is 27.8 Å². The molecule has 0 unspecified atom stereocenters. The van der Waals surface area contributed by atoms with Gasteiger partial charge in [0.25, 0.3) is 0 Å². The first kappa shape index (κ1) is 12.2. The molecule has 0 spiro atoms. The lowest BCUT2D eigenvalue weighted by Gasteiger charge is -2.09. The lowest BCUT2D eigenvalue weighted by Crippen LogP contribution is -2.17. The van der Waals surface area contributed by atoms with Gasteiger partial charge in [-0.2, -0.15) is 4.98 Å². The second kappa shape index (κ2) is 4.93. The fourth-order valence-electron chi connectivity index (χ4n) is 1.41. The number of rotatable bonds is 4. The smallest absolute Gasteiger partial charge is 0.243 e. The van der Waals surface area contributed by atoms with Crippen LogP contribution in [0, 0.1) is 12.8 Å². The molecule has 92 valence electrons. The summed E-state index contributed by atoms with van der Waals surface area (Å²) in [5, 5.41) is 6.97. The second-order valence-electron chi connectivity index (χ2n) is 4.35. The van der Waals surface area contributed by atoms with Crippen molar-refractivity contribution in [2.45, 2.75) is 33.2 Å². The standard InChI is InChI=1S/C11H16N4OS/c1-6(2)10(12)11-14-9(15-16-11)4-8-5-17-7(3)13-8/h5-6,10H,4,12H2,1-3H3/t10-/m1/s1. The highest BCUT2D eigenvalue weighted by atomic mass is 32.1. The van der Waals surface area contributed by atoms with Crippen LogP contribution in [-0.2, 0) is 6.42 Å². The Hall–Kier alpha value is -1.27. The maximum Gasteiger partial charge on any atom is 0.243 e. The molecule has 2 heterocycles. The molecule has 0 aliphatic rings. The van der Waals surface area contributed by atoms with Crippen LogP contribution in [0.15, 0.2) is 9.90 Å². The molecular weight excluding hydrogens is 236 g/mol. The van der Waals surface area contributed by atoms with Gasteiger partial charge in [-0.05, 0) is 12.8 Å². The van der Waals surface area contributed by atoms with E-state index in [9.17, 15) is 0 Å². The third-order valence-electron chi connectivity index (χ3n) is 2.49. The van der Waals surface area contributed by atoms with Crippen LogP contribution in [0.5, 0.6) is 0 Å². The van der Waals surface area contributed by atoms with Crippen molar-refractivity contribution < 1.29 is 4.52 Å². The van der Waals surface area contributed by atoms with E-state index in [0.717, 1.165) is 10.7 Å². The van der Waals surface area contributed by atoms with Gasteiger partial charge in [-0.15, -0.1) is 11.3 Å². The van der Waals surface area contributed by atoms with E-state index < -0.39 is 0 Å². The molecule has 5 nitrogen and oxygen atoms in total. The van der Waals surface area contributed by atoms with Gasteiger partial charge in [0, 0.05) is 5.38 Å². The van der Waals surface area contributed by atoms with Crippen LogP contribution in [0.25, 0.3) is 0 Å². The Labute approximate surface area is 104 Å². The quantitative estimate of drug-likeness (QED) is 0.901. The van der Waals surface area contributed by atoms with E-state index in [4.69, 9.17) is 10.3 Å². The van der Waals surface area contributed by atoms with E-state index in [1.165, 1.54) is 0 Å². The Kier molecular flexibility index (Phi) is 3.54. The Morgan fingerprint density at radius 1 is 1.41 bits per heavy atom. The summed E-state index contributed by atoms with van der Waals surface area (Å²) in [5.74, 6) is 1.42. The zero-order chi connectivity index (χ0) is 12.4. The van der Waals surface area contributed by atoms with Gasteiger partial charge in [-0.1, -0.05) is 19.0 Å². The zero-order valence-electron chi connectivity index (χ0n) is 10.2. The predicted molar refractivity (Wildman–Crippen MR) is 65.7 cm³/mol. The number of nitrogens with two attached hydrogens (primary N) is 1. The lowest BCUT2D eigenvalue weighted by molar-refractivity contribution is 0.322. The van der Waals surface area contributed by atoms with Gasteiger partial charge >= 0.3 is 0 Å². The van der Waals surface area contributed by atoms with Crippen molar-refractivity contribution in [2.75, 3.05) is 0 Å². The normalized spacial score (nSPS) is 13.2. The predicted octanol–water partition coefficient (Wildman–Crippen LogP) is 2.08. The summed E-state index contributed by atoms with van der Waals surface area (Å²) < 4.78 is 5.16. The van der Waals surface area contributed by atoms with Gasteiger partial charge in [0.1, 0.15) is 0 Å². The molecular formula is C11H16N4OS. The van der Waals surface area contributed by atoms with E-state index in [-0.39, 0.29) is 12.0 Å². The molecule has 0 bridgehead atoms. The molecule has 17 heavy (non-hydrogen) atoms. The number of hydrogen-bond acceptors (Lipinski definition) is 6. The van der Waals surface area contributed by atoms with Gasteiger partial charge in [-0.3, -0.25) is 0 Å². The van der Waals surface area contributed by atoms with Crippen molar-refractivity contribution in [3.8, 4) is 0 Å². The van der Waals surface area contributed by atoms with E-state index >= 15 is 0 Å². The molecule has 2 N–H and O–H groups in total. The van der Waals surface area contributed by atoms with Gasteiger partial charge in [-0.25, -0.2) is 4.98 Å². The van der Waals surface area contributed by atoms with Gasteiger partial charge < -0.3 is 10.3 Å². The third-order valence-corrected chi connectivity index (χ3v) is 3.32. The molecule has 2 aromatic rings. The minimum Gasteiger partial charge on any atom is -0.338 e. The van der Waals surface area contributed by atoms with Crippen molar-refractivity contribution in [1.29, 1.82) is 0 Å². The minimum atomic E-state index is -0.201. The van der Waals surface area contributed by atoms with E-state index in [1.54, 1.807) is 11.3 Å². The van der Waals surface area contributed by atoms with Gasteiger partial charge in [0.2, 0.25) is 5.89 Å². The molecule has 0 radical (unpaired) electrons. The molecule has 0 aliphatic carbocycles. The highest BCUT2D eigenvalue weighted by Gasteiger charge is 2.18. The number of nitrogens with zero attached hydrogens (tertiary/aromatic N) is 3. The Morgan fingerprint density at radius 2 is 2.18 bits per heavy atom. The van der Waals surface area contributed by atoms with Crippen LogP contribution in [0.4, 0.5) is 0 Å². The second-order valence-corrected chi connectivity index (χ2v) is 5.42. The summed E-state index contributed by atoms with van der Waals surface area (Å²) in [5.41, 5.74) is 6.91. The number of aromatic nitrogens is 3. The maximum absolute atomic E-state index is 5.94. The summed E-state index contributed by atoms with van der Waals surface area (Å²) >= 11 is 1.62. The van der Waals surface area contributed by atoms with Crippen LogP contribution in [-0.4, -0.2) is 15.1 Å². The molecule has 0 amide bonds. The number of hydrogen-bond donors (Lipinski definition) is 1. The van der Waals surface area contributed by atoms with Crippen LogP contribution in [0.2, 0.25) is 0 Å². The molecule has 0 aromatic carbocycles. The summed E-state index contributed by atoms with van der Waals surface area (Å²) in [6.45, 7) is 6.03. The molecule has 0 aliphatic heterocycles. The first-order valence-electron chi connectivity index (χ1n) is 5.55. The van der Waals surface area contributed by atoms with Crippen LogP contribution >= 0.6 is 11.3 Å². The summed E-state index contributed by atoms with van der Waals surface area (Å²) in [7, 11) is 0. The minimum absolute atomic E-state index is 0.201. The summed E-state index contributed by atoms with van der Waals surface area (Å²) in [6, 6.07) is -0.201. The van der Waals surface area contributed by atoms with Crippen molar-refractivity contribution in [2.24, 2.45) is 11.7 Å². The highest BCUT2D eigenvalue weighted by molar-refractivity contribution is 7.09. The van der Waals surface area contributed by atoms with Crippen molar-refractivity contribution in [3.63, 3.8) is 0 Å². The summed E-state index contributed by atoms with van der Waals surface area (Å²) in [4.78, 5) is 8.66. The first-order valence-corrected chi connectivity index (χ1v) is 6.43. The van der Waals surface area contributed by atoms with Crippen LogP contribution in [0.3, 0.4) is 0 Å². The topological polar surface area (TPSA) is 77.8 Å². The Bertz CT molecular complexity index is 491. The third kappa shape index (κ3) is 2.89. The molecule has 0 saturated heterocycles. The number of thiazole rings is 1. The molecule has 0 fully saturated rings. The van der Waals surface area contributed by atoms with E-state index in [0.29, 0.717) is 18.1 Å². The van der Waals surface area contributed by atoms with Crippen LogP contribution in [0.1, 0.15) is 42.3 Å². The maximum atomic E-state index is 5.94. The van der Waals surface area contributed by atoms with Crippen molar-refractivity contribution in [1.82, 2.24) is 15.1 Å². The fourth-order valence-corrected chi connectivity index (χ4v) is 2.02. The molecule has 2 aromatic heterocycles. The average molecular weight is 252 g/mol. The molecule has 2 rings (SSSR count). The zero-order valence-corrected chi connectivity index (χ0v) is 11.0. The molecule has 0 saturated carbocycles. The Morgan fingerprint density at radius 3 is 2.76 bits per heavy atom. The fraction of sp³-hybridized carbons (Fsp3) is 0.545. The molecule has 6 heteroatoms. The summed E-state index contributed by atoms with van der Waals surface area (Å²) in [6.07, 6.45) is 0.596. The first-order chi connectivity index (χ1) is 8.06.